The van der Waals surface area contributed by atoms with Crippen LogP contribution in [0.5, 0.6) is 0 Å². The zero-order chi connectivity index (χ0) is 9.47. The van der Waals surface area contributed by atoms with Gasteiger partial charge in [0, 0.05) is 9.75 Å². The lowest BCUT2D eigenvalue weighted by atomic mass is 9.94. The van der Waals surface area contributed by atoms with E-state index in [1.807, 2.05) is 0 Å². The lowest BCUT2D eigenvalue weighted by Gasteiger charge is -2.21. The second-order valence-electron chi connectivity index (χ2n) is 3.76. The fourth-order valence-electron chi connectivity index (χ4n) is 2.10. The quantitative estimate of drug-likeness (QED) is 0.755. The molecule has 0 bridgehead atoms. The van der Waals surface area contributed by atoms with Gasteiger partial charge in [0.15, 0.2) is 0 Å². The van der Waals surface area contributed by atoms with Crippen LogP contribution in [0.25, 0.3) is 0 Å². The molecule has 1 atom stereocenters. The van der Waals surface area contributed by atoms with Gasteiger partial charge >= 0.3 is 0 Å². The number of nitrogens with two attached hydrogens (primary N) is 1. The zero-order valence-electron chi connectivity index (χ0n) is 7.84. The second-order valence-corrected chi connectivity index (χ2v) is 5.11. The van der Waals surface area contributed by atoms with E-state index in [1.54, 1.807) is 11.3 Å². The third-order valence-corrected chi connectivity index (χ3v) is 3.87. The topological polar surface area (TPSA) is 46.2 Å². The van der Waals surface area contributed by atoms with Crippen molar-refractivity contribution in [3.8, 4) is 0 Å². The fraction of sp³-hybridized carbons (Fsp3) is 0.600. The highest BCUT2D eigenvalue weighted by Crippen LogP contribution is 2.43. The molecule has 3 heteroatoms. The fourth-order valence-corrected chi connectivity index (χ4v) is 3.22. The van der Waals surface area contributed by atoms with Crippen LogP contribution in [-0.4, -0.2) is 11.7 Å². The summed E-state index contributed by atoms with van der Waals surface area (Å²) >= 11 is 1.80. The van der Waals surface area contributed by atoms with E-state index in [1.165, 1.54) is 9.75 Å². The Morgan fingerprint density at radius 3 is 3.15 bits per heavy atom. The van der Waals surface area contributed by atoms with Gasteiger partial charge in [0.05, 0.1) is 5.60 Å². The predicted molar refractivity (Wildman–Crippen MR) is 54.9 cm³/mol. The number of fused-ring (bicyclic) bond motifs is 1. The Morgan fingerprint density at radius 1 is 1.69 bits per heavy atom. The maximum Gasteiger partial charge on any atom is 0.0922 e. The van der Waals surface area contributed by atoms with Crippen LogP contribution in [0.3, 0.4) is 0 Å². The van der Waals surface area contributed by atoms with Crippen LogP contribution in [0.2, 0.25) is 0 Å². The first-order chi connectivity index (χ1) is 6.15. The van der Waals surface area contributed by atoms with E-state index < -0.39 is 5.60 Å². The first kappa shape index (κ1) is 9.19. The normalized spacial score (nSPS) is 26.4. The SMILES string of the molecule is Cc1cc2c(s1)CCC2(O)CCN. The molecule has 1 aliphatic rings. The van der Waals surface area contributed by atoms with E-state index >= 15 is 0 Å². The number of hydrogen-bond acceptors (Lipinski definition) is 3. The Morgan fingerprint density at radius 2 is 2.46 bits per heavy atom. The van der Waals surface area contributed by atoms with Crippen molar-refractivity contribution in [2.24, 2.45) is 5.73 Å². The van der Waals surface area contributed by atoms with Crippen molar-refractivity contribution < 1.29 is 5.11 Å². The highest BCUT2D eigenvalue weighted by Gasteiger charge is 2.37. The summed E-state index contributed by atoms with van der Waals surface area (Å²) in [4.78, 5) is 2.65. The average molecular weight is 197 g/mol. The van der Waals surface area contributed by atoms with E-state index in [4.69, 9.17) is 5.73 Å². The van der Waals surface area contributed by atoms with Gasteiger partial charge in [-0.2, -0.15) is 0 Å². The molecule has 0 radical (unpaired) electrons. The Labute approximate surface area is 82.4 Å². The Hall–Kier alpha value is -0.380. The summed E-state index contributed by atoms with van der Waals surface area (Å²) in [6, 6.07) is 2.11. The molecule has 1 aromatic rings. The van der Waals surface area contributed by atoms with Gasteiger partial charge in [-0.25, -0.2) is 0 Å². The molecule has 1 heterocycles. The van der Waals surface area contributed by atoms with Crippen molar-refractivity contribution in [3.05, 3.63) is 21.4 Å². The molecule has 0 aliphatic heterocycles. The molecular formula is C10H15NOS. The van der Waals surface area contributed by atoms with Gasteiger partial charge in [0.25, 0.3) is 0 Å². The third-order valence-electron chi connectivity index (χ3n) is 2.76. The van der Waals surface area contributed by atoms with Crippen molar-refractivity contribution in [2.75, 3.05) is 6.54 Å². The molecule has 0 spiro atoms. The number of rotatable bonds is 2. The van der Waals surface area contributed by atoms with E-state index in [0.29, 0.717) is 13.0 Å². The molecule has 0 aromatic carbocycles. The first-order valence-electron chi connectivity index (χ1n) is 4.68. The number of hydrogen-bond donors (Lipinski definition) is 2. The molecule has 1 unspecified atom stereocenters. The van der Waals surface area contributed by atoms with Crippen molar-refractivity contribution >= 4 is 11.3 Å². The van der Waals surface area contributed by atoms with Crippen LogP contribution in [0.4, 0.5) is 0 Å². The van der Waals surface area contributed by atoms with Gasteiger partial charge in [-0.3, -0.25) is 0 Å². The van der Waals surface area contributed by atoms with Crippen molar-refractivity contribution in [1.82, 2.24) is 0 Å². The number of aliphatic hydroxyl groups is 1. The summed E-state index contributed by atoms with van der Waals surface area (Å²) in [6.07, 6.45) is 2.56. The smallest absolute Gasteiger partial charge is 0.0922 e. The summed E-state index contributed by atoms with van der Waals surface area (Å²) in [5.74, 6) is 0. The molecule has 3 N–H and O–H groups in total. The zero-order valence-corrected chi connectivity index (χ0v) is 8.66. The maximum absolute atomic E-state index is 10.3. The lowest BCUT2D eigenvalue weighted by molar-refractivity contribution is 0.0321. The minimum absolute atomic E-state index is 0.560. The summed E-state index contributed by atoms with van der Waals surface area (Å²) in [6.45, 7) is 2.65. The molecule has 2 rings (SSSR count). The van der Waals surface area contributed by atoms with Gasteiger partial charge in [0.1, 0.15) is 0 Å². The van der Waals surface area contributed by atoms with Crippen molar-refractivity contribution in [3.63, 3.8) is 0 Å². The molecular weight excluding hydrogens is 182 g/mol. The van der Waals surface area contributed by atoms with Crippen LogP contribution in [0, 0.1) is 6.92 Å². The molecule has 72 valence electrons. The van der Waals surface area contributed by atoms with Crippen LogP contribution in [0.1, 0.15) is 28.2 Å². The summed E-state index contributed by atoms with van der Waals surface area (Å²) < 4.78 is 0. The minimum Gasteiger partial charge on any atom is -0.385 e. The first-order valence-corrected chi connectivity index (χ1v) is 5.49. The van der Waals surface area contributed by atoms with E-state index in [0.717, 1.165) is 18.4 Å². The number of thiophene rings is 1. The molecule has 1 aliphatic carbocycles. The predicted octanol–water partition coefficient (Wildman–Crippen LogP) is 1.54. The molecule has 0 saturated carbocycles. The highest BCUT2D eigenvalue weighted by molar-refractivity contribution is 7.12. The van der Waals surface area contributed by atoms with Crippen LogP contribution < -0.4 is 5.73 Å². The molecule has 1 aromatic heterocycles. The van der Waals surface area contributed by atoms with Gasteiger partial charge in [-0.1, -0.05) is 0 Å². The van der Waals surface area contributed by atoms with Crippen LogP contribution in [0.15, 0.2) is 6.07 Å². The number of aryl methyl sites for hydroxylation is 2. The van der Waals surface area contributed by atoms with E-state index in [2.05, 4.69) is 13.0 Å². The molecule has 0 fully saturated rings. The third kappa shape index (κ3) is 1.41. The summed E-state index contributed by atoms with van der Waals surface area (Å²) in [5.41, 5.74) is 6.02. The highest BCUT2D eigenvalue weighted by atomic mass is 32.1. The molecule has 13 heavy (non-hydrogen) atoms. The van der Waals surface area contributed by atoms with Gasteiger partial charge < -0.3 is 10.8 Å². The Bertz CT molecular complexity index is 321. The average Bonchev–Trinajstić information content (AvgIpc) is 2.54. The van der Waals surface area contributed by atoms with Crippen LogP contribution >= 0.6 is 11.3 Å². The summed E-state index contributed by atoms with van der Waals surface area (Å²) in [5, 5.41) is 10.3. The van der Waals surface area contributed by atoms with E-state index in [-0.39, 0.29) is 0 Å². The van der Waals surface area contributed by atoms with E-state index in [9.17, 15) is 5.11 Å². The van der Waals surface area contributed by atoms with Crippen molar-refractivity contribution in [1.29, 1.82) is 0 Å². The maximum atomic E-state index is 10.3. The van der Waals surface area contributed by atoms with Gasteiger partial charge in [0.2, 0.25) is 0 Å². The second kappa shape index (κ2) is 3.08. The van der Waals surface area contributed by atoms with Crippen molar-refractivity contribution in [2.45, 2.75) is 31.8 Å². The monoisotopic (exact) mass is 197 g/mol. The van der Waals surface area contributed by atoms with Crippen LogP contribution in [-0.2, 0) is 12.0 Å². The Balaban J connectivity index is 2.35. The molecule has 0 saturated heterocycles. The van der Waals surface area contributed by atoms with Gasteiger partial charge in [-0.05, 0) is 44.4 Å². The summed E-state index contributed by atoms with van der Waals surface area (Å²) in [7, 11) is 0. The minimum atomic E-state index is -0.616. The lowest BCUT2D eigenvalue weighted by Crippen LogP contribution is -2.25. The standard InChI is InChI=1S/C10H15NOS/c1-7-6-8-9(13-7)2-3-10(8,12)4-5-11/h6,12H,2-5,11H2,1H3. The Kier molecular flexibility index (Phi) is 2.18. The largest absolute Gasteiger partial charge is 0.385 e. The molecule has 0 amide bonds. The van der Waals surface area contributed by atoms with Gasteiger partial charge in [-0.15, -0.1) is 11.3 Å². The molecule has 2 nitrogen and oxygen atoms in total.